The van der Waals surface area contributed by atoms with E-state index in [1.54, 1.807) is 4.57 Å². The lowest BCUT2D eigenvalue weighted by atomic mass is 10.3. The summed E-state index contributed by atoms with van der Waals surface area (Å²) in [6.45, 7) is 6.12. The minimum Gasteiger partial charge on any atom is -0.300 e. The van der Waals surface area contributed by atoms with Crippen molar-refractivity contribution in [1.29, 1.82) is 0 Å². The smallest absolute Gasteiger partial charge is 0.246 e. The number of aromatic amines is 1. The van der Waals surface area contributed by atoms with Gasteiger partial charge in [-0.3, -0.25) is 14.5 Å². The lowest BCUT2D eigenvalue weighted by molar-refractivity contribution is -0.116. The molecule has 0 bridgehead atoms. The molecule has 0 atom stereocenters. The van der Waals surface area contributed by atoms with Gasteiger partial charge >= 0.3 is 0 Å². The number of hydrogen-bond acceptors (Lipinski definition) is 5. The number of carbonyl (C=O) groups is 1. The van der Waals surface area contributed by atoms with Gasteiger partial charge in [0.15, 0.2) is 9.90 Å². The predicted octanol–water partition coefficient (Wildman–Crippen LogP) is 2.61. The highest BCUT2D eigenvalue weighted by molar-refractivity contribution is 7.71. The second-order valence-corrected chi connectivity index (χ2v) is 6.08. The molecule has 8 heteroatoms. The number of hydrogen-bond donors (Lipinski definition) is 2. The van der Waals surface area contributed by atoms with E-state index in [0.29, 0.717) is 9.90 Å². The molecule has 0 unspecified atom stereocenters. The van der Waals surface area contributed by atoms with E-state index in [1.807, 2.05) is 13.8 Å². The Labute approximate surface area is 126 Å². The molecule has 0 spiro atoms. The number of aromatic nitrogens is 4. The maximum atomic E-state index is 12.1. The van der Waals surface area contributed by atoms with Crippen molar-refractivity contribution in [3.8, 4) is 0 Å². The van der Waals surface area contributed by atoms with Gasteiger partial charge in [0, 0.05) is 11.3 Å². The third-order valence-corrected chi connectivity index (χ3v) is 4.19. The summed E-state index contributed by atoms with van der Waals surface area (Å²) in [5.41, 5.74) is 0.942. The second-order valence-electron chi connectivity index (χ2n) is 4.49. The normalized spacial score (nSPS) is 10.8. The van der Waals surface area contributed by atoms with Gasteiger partial charge in [-0.15, -0.1) is 11.3 Å². The summed E-state index contributed by atoms with van der Waals surface area (Å²) in [5, 5.41) is 10.3. The summed E-state index contributed by atoms with van der Waals surface area (Å²) >= 11 is 6.62. The zero-order valence-corrected chi connectivity index (χ0v) is 13.3. The average molecular weight is 311 g/mol. The fourth-order valence-corrected chi connectivity index (χ4v) is 2.80. The van der Waals surface area contributed by atoms with Crippen molar-refractivity contribution < 1.29 is 4.79 Å². The standard InChI is InChI=1S/C12H17N5OS2/c1-4-5-9-15-16-12(19)17(9)6-10(18)14-11-13-7(2)8(3)20-11/h4-6H2,1-3H3,(H,16,19)(H,13,14,18). The van der Waals surface area contributed by atoms with Gasteiger partial charge in [0.1, 0.15) is 12.4 Å². The van der Waals surface area contributed by atoms with Crippen LogP contribution in [0, 0.1) is 18.6 Å². The molecule has 2 aromatic heterocycles. The Balaban J connectivity index is 2.08. The zero-order valence-electron chi connectivity index (χ0n) is 11.7. The van der Waals surface area contributed by atoms with E-state index >= 15 is 0 Å². The molecule has 1 amide bonds. The van der Waals surface area contributed by atoms with Crippen LogP contribution < -0.4 is 5.32 Å². The van der Waals surface area contributed by atoms with Crippen molar-refractivity contribution in [3.63, 3.8) is 0 Å². The van der Waals surface area contributed by atoms with Crippen molar-refractivity contribution in [3.05, 3.63) is 21.2 Å². The number of thiazole rings is 1. The van der Waals surface area contributed by atoms with E-state index in [4.69, 9.17) is 12.2 Å². The molecule has 2 aromatic rings. The first-order valence-electron chi connectivity index (χ1n) is 6.39. The predicted molar refractivity (Wildman–Crippen MR) is 81.6 cm³/mol. The van der Waals surface area contributed by atoms with Gasteiger partial charge in [0.2, 0.25) is 5.91 Å². The monoisotopic (exact) mass is 311 g/mol. The number of aryl methyl sites for hydroxylation is 3. The molecular weight excluding hydrogens is 294 g/mol. The van der Waals surface area contributed by atoms with Crippen LogP contribution in [-0.4, -0.2) is 25.7 Å². The minimum absolute atomic E-state index is 0.145. The van der Waals surface area contributed by atoms with Gasteiger partial charge in [-0.05, 0) is 32.5 Å². The lowest BCUT2D eigenvalue weighted by Crippen LogP contribution is -2.20. The topological polar surface area (TPSA) is 75.6 Å². The van der Waals surface area contributed by atoms with Gasteiger partial charge < -0.3 is 5.32 Å². The first-order valence-corrected chi connectivity index (χ1v) is 7.61. The molecule has 0 aliphatic rings. The summed E-state index contributed by atoms with van der Waals surface area (Å²) in [7, 11) is 0. The molecule has 0 aliphatic carbocycles. The van der Waals surface area contributed by atoms with E-state index in [-0.39, 0.29) is 12.5 Å². The van der Waals surface area contributed by atoms with E-state index in [0.717, 1.165) is 29.2 Å². The Morgan fingerprint density at radius 1 is 1.50 bits per heavy atom. The van der Waals surface area contributed by atoms with Crippen molar-refractivity contribution in [1.82, 2.24) is 19.7 Å². The van der Waals surface area contributed by atoms with Crippen LogP contribution in [0.4, 0.5) is 5.13 Å². The molecule has 0 radical (unpaired) electrons. The molecule has 0 saturated carbocycles. The van der Waals surface area contributed by atoms with Crippen LogP contribution in [0.25, 0.3) is 0 Å². The second kappa shape index (κ2) is 6.27. The van der Waals surface area contributed by atoms with E-state index in [1.165, 1.54) is 11.3 Å². The lowest BCUT2D eigenvalue weighted by Gasteiger charge is -2.05. The van der Waals surface area contributed by atoms with Gasteiger partial charge in [0.05, 0.1) is 5.69 Å². The first kappa shape index (κ1) is 14.9. The largest absolute Gasteiger partial charge is 0.300 e. The third-order valence-electron chi connectivity index (χ3n) is 2.89. The molecule has 2 heterocycles. The molecule has 0 aromatic carbocycles. The van der Waals surface area contributed by atoms with Crippen LogP contribution in [0.15, 0.2) is 0 Å². The number of amides is 1. The highest BCUT2D eigenvalue weighted by Crippen LogP contribution is 2.21. The summed E-state index contributed by atoms with van der Waals surface area (Å²) in [6, 6.07) is 0. The Morgan fingerprint density at radius 2 is 2.25 bits per heavy atom. The molecule has 20 heavy (non-hydrogen) atoms. The number of nitrogens with zero attached hydrogens (tertiary/aromatic N) is 3. The van der Waals surface area contributed by atoms with E-state index < -0.39 is 0 Å². The molecular formula is C12H17N5OS2. The SMILES string of the molecule is CCCc1n[nH]c(=S)n1CC(=O)Nc1nc(C)c(C)s1. The van der Waals surface area contributed by atoms with Crippen LogP contribution in [0.2, 0.25) is 0 Å². The molecule has 0 saturated heterocycles. The summed E-state index contributed by atoms with van der Waals surface area (Å²) in [5.74, 6) is 0.660. The van der Waals surface area contributed by atoms with Gasteiger partial charge in [0.25, 0.3) is 0 Å². The highest BCUT2D eigenvalue weighted by Gasteiger charge is 2.12. The first-order chi connectivity index (χ1) is 9.51. The maximum Gasteiger partial charge on any atom is 0.246 e. The van der Waals surface area contributed by atoms with Gasteiger partial charge in [-0.25, -0.2) is 4.98 Å². The molecule has 0 fully saturated rings. The number of rotatable bonds is 5. The zero-order chi connectivity index (χ0) is 14.7. The van der Waals surface area contributed by atoms with Gasteiger partial charge in [-0.1, -0.05) is 6.92 Å². The number of H-pyrrole nitrogens is 1. The molecule has 108 valence electrons. The van der Waals surface area contributed by atoms with Crippen molar-refractivity contribution in [2.45, 2.75) is 40.2 Å². The number of nitrogens with one attached hydrogen (secondary N) is 2. The summed E-state index contributed by atoms with van der Waals surface area (Å²) < 4.78 is 2.19. The van der Waals surface area contributed by atoms with Crippen LogP contribution in [0.5, 0.6) is 0 Å². The van der Waals surface area contributed by atoms with Crippen molar-refractivity contribution in [2.24, 2.45) is 0 Å². The van der Waals surface area contributed by atoms with Crippen molar-refractivity contribution >= 4 is 34.6 Å². The number of carbonyl (C=O) groups excluding carboxylic acids is 1. The molecule has 2 N–H and O–H groups in total. The maximum absolute atomic E-state index is 12.1. The van der Waals surface area contributed by atoms with Crippen LogP contribution in [-0.2, 0) is 17.8 Å². The molecule has 0 aliphatic heterocycles. The Kier molecular flexibility index (Phi) is 4.66. The minimum atomic E-state index is -0.145. The fraction of sp³-hybridized carbons (Fsp3) is 0.500. The van der Waals surface area contributed by atoms with Crippen LogP contribution >= 0.6 is 23.6 Å². The van der Waals surface area contributed by atoms with Gasteiger partial charge in [-0.2, -0.15) is 5.10 Å². The quantitative estimate of drug-likeness (QED) is 0.832. The van der Waals surface area contributed by atoms with E-state index in [2.05, 4.69) is 27.4 Å². The fourth-order valence-electron chi connectivity index (χ4n) is 1.76. The summed E-state index contributed by atoms with van der Waals surface area (Å²) in [6.07, 6.45) is 1.74. The average Bonchev–Trinajstić information content (AvgIpc) is 2.86. The summed E-state index contributed by atoms with van der Waals surface area (Å²) in [4.78, 5) is 17.4. The third kappa shape index (κ3) is 3.31. The van der Waals surface area contributed by atoms with Crippen LogP contribution in [0.1, 0.15) is 29.7 Å². The Bertz CT molecular complexity index is 650. The van der Waals surface area contributed by atoms with E-state index in [9.17, 15) is 4.79 Å². The number of anilines is 1. The molecule has 2 rings (SSSR count). The molecule has 6 nitrogen and oxygen atoms in total. The Morgan fingerprint density at radius 3 is 2.85 bits per heavy atom. The van der Waals surface area contributed by atoms with Crippen LogP contribution in [0.3, 0.4) is 0 Å². The Hall–Kier alpha value is -1.54. The highest BCUT2D eigenvalue weighted by atomic mass is 32.1. The van der Waals surface area contributed by atoms with Crippen molar-refractivity contribution in [2.75, 3.05) is 5.32 Å².